The van der Waals surface area contributed by atoms with Crippen LogP contribution in [-0.2, 0) is 6.42 Å². The molecule has 0 radical (unpaired) electrons. The Hall–Kier alpha value is -2.37. The molecule has 0 unspecified atom stereocenters. The molecule has 1 heterocycles. The first-order valence-corrected chi connectivity index (χ1v) is 5.87. The SMILES string of the molecule is CCc1c(C=O)nnn1-c1cc(OC)ccc1OC. The Bertz CT molecular complexity index is 593. The van der Waals surface area contributed by atoms with E-state index in [1.165, 1.54) is 0 Å². The summed E-state index contributed by atoms with van der Waals surface area (Å²) < 4.78 is 12.1. The van der Waals surface area contributed by atoms with Crippen molar-refractivity contribution in [1.29, 1.82) is 0 Å². The molecule has 0 saturated carbocycles. The van der Waals surface area contributed by atoms with Gasteiger partial charge in [0, 0.05) is 6.07 Å². The maximum Gasteiger partial charge on any atom is 0.172 e. The van der Waals surface area contributed by atoms with Crippen molar-refractivity contribution in [2.24, 2.45) is 0 Å². The van der Waals surface area contributed by atoms with Gasteiger partial charge in [0.05, 0.1) is 19.9 Å². The van der Waals surface area contributed by atoms with E-state index in [4.69, 9.17) is 9.47 Å². The highest BCUT2D eigenvalue weighted by Gasteiger charge is 2.16. The number of carbonyl (C=O) groups is 1. The second-order valence-corrected chi connectivity index (χ2v) is 3.84. The van der Waals surface area contributed by atoms with Gasteiger partial charge in [-0.15, -0.1) is 5.10 Å². The lowest BCUT2D eigenvalue weighted by molar-refractivity contribution is 0.111. The lowest BCUT2D eigenvalue weighted by Gasteiger charge is -2.11. The number of hydrogen-bond donors (Lipinski definition) is 0. The monoisotopic (exact) mass is 261 g/mol. The molecule has 0 aliphatic rings. The molecule has 0 atom stereocenters. The van der Waals surface area contributed by atoms with Crippen LogP contribution in [0.5, 0.6) is 11.5 Å². The van der Waals surface area contributed by atoms with Crippen molar-refractivity contribution >= 4 is 6.29 Å². The summed E-state index contributed by atoms with van der Waals surface area (Å²) in [7, 11) is 3.17. The molecule has 0 N–H and O–H groups in total. The largest absolute Gasteiger partial charge is 0.497 e. The fourth-order valence-electron chi connectivity index (χ4n) is 1.89. The topological polar surface area (TPSA) is 66.2 Å². The normalized spacial score (nSPS) is 10.3. The van der Waals surface area contributed by atoms with Gasteiger partial charge in [0.2, 0.25) is 0 Å². The van der Waals surface area contributed by atoms with Gasteiger partial charge in [0.1, 0.15) is 22.9 Å². The van der Waals surface area contributed by atoms with Crippen LogP contribution in [0.1, 0.15) is 23.1 Å². The van der Waals surface area contributed by atoms with E-state index in [2.05, 4.69) is 10.3 Å². The number of hydrogen-bond acceptors (Lipinski definition) is 5. The van der Waals surface area contributed by atoms with Gasteiger partial charge < -0.3 is 9.47 Å². The minimum atomic E-state index is 0.340. The minimum absolute atomic E-state index is 0.340. The van der Waals surface area contributed by atoms with E-state index in [9.17, 15) is 4.79 Å². The highest BCUT2D eigenvalue weighted by Crippen LogP contribution is 2.28. The van der Waals surface area contributed by atoms with Crippen LogP contribution in [0.2, 0.25) is 0 Å². The highest BCUT2D eigenvalue weighted by molar-refractivity contribution is 5.73. The van der Waals surface area contributed by atoms with Crippen molar-refractivity contribution in [2.45, 2.75) is 13.3 Å². The van der Waals surface area contributed by atoms with Gasteiger partial charge in [-0.25, -0.2) is 4.68 Å². The molecule has 2 rings (SSSR count). The van der Waals surface area contributed by atoms with Gasteiger partial charge in [-0.3, -0.25) is 4.79 Å². The van der Waals surface area contributed by atoms with Crippen LogP contribution in [0.3, 0.4) is 0 Å². The average molecular weight is 261 g/mol. The van der Waals surface area contributed by atoms with E-state index in [1.807, 2.05) is 6.92 Å². The maximum atomic E-state index is 10.9. The summed E-state index contributed by atoms with van der Waals surface area (Å²) in [6.07, 6.45) is 1.34. The molecule has 19 heavy (non-hydrogen) atoms. The third-order valence-electron chi connectivity index (χ3n) is 2.85. The molecule has 0 fully saturated rings. The molecule has 0 spiro atoms. The zero-order valence-corrected chi connectivity index (χ0v) is 11.1. The Morgan fingerprint density at radius 1 is 1.32 bits per heavy atom. The third-order valence-corrected chi connectivity index (χ3v) is 2.85. The predicted molar refractivity (Wildman–Crippen MR) is 69.2 cm³/mol. The fraction of sp³-hybridized carbons (Fsp3) is 0.308. The van der Waals surface area contributed by atoms with Crippen molar-refractivity contribution < 1.29 is 14.3 Å². The summed E-state index contributed by atoms with van der Waals surface area (Å²) in [6, 6.07) is 5.38. The van der Waals surface area contributed by atoms with Crippen molar-refractivity contribution in [3.8, 4) is 17.2 Å². The minimum Gasteiger partial charge on any atom is -0.497 e. The second-order valence-electron chi connectivity index (χ2n) is 3.84. The first-order valence-electron chi connectivity index (χ1n) is 5.87. The molecule has 0 aliphatic heterocycles. The molecular formula is C13H15N3O3. The Morgan fingerprint density at radius 2 is 2.11 bits per heavy atom. The molecule has 0 bridgehead atoms. The van der Waals surface area contributed by atoms with Crippen LogP contribution in [0.4, 0.5) is 0 Å². The average Bonchev–Trinajstić information content (AvgIpc) is 2.89. The number of benzene rings is 1. The first-order chi connectivity index (χ1) is 9.24. The fourth-order valence-corrected chi connectivity index (χ4v) is 1.89. The van der Waals surface area contributed by atoms with Crippen LogP contribution in [0.15, 0.2) is 18.2 Å². The molecular weight excluding hydrogens is 246 g/mol. The summed E-state index contributed by atoms with van der Waals surface area (Å²) in [4.78, 5) is 10.9. The standard InChI is InChI=1S/C13H15N3O3/c1-4-11-10(8-17)14-15-16(11)12-7-9(18-2)5-6-13(12)19-3/h5-8H,4H2,1-3H3. The summed E-state index contributed by atoms with van der Waals surface area (Å²) in [5, 5.41) is 7.87. The Labute approximate surface area is 110 Å². The van der Waals surface area contributed by atoms with E-state index in [1.54, 1.807) is 37.1 Å². The summed E-state index contributed by atoms with van der Waals surface area (Å²) in [6.45, 7) is 1.94. The van der Waals surface area contributed by atoms with Gasteiger partial charge in [0.15, 0.2) is 6.29 Å². The van der Waals surface area contributed by atoms with Gasteiger partial charge >= 0.3 is 0 Å². The zero-order chi connectivity index (χ0) is 13.8. The lowest BCUT2D eigenvalue weighted by atomic mass is 10.2. The number of rotatable bonds is 5. The molecule has 6 nitrogen and oxygen atoms in total. The number of ether oxygens (including phenoxy) is 2. The van der Waals surface area contributed by atoms with Gasteiger partial charge in [-0.1, -0.05) is 12.1 Å². The van der Waals surface area contributed by atoms with Gasteiger partial charge in [-0.2, -0.15) is 0 Å². The number of carbonyl (C=O) groups excluding carboxylic acids is 1. The van der Waals surface area contributed by atoms with Crippen LogP contribution in [-0.4, -0.2) is 35.5 Å². The quantitative estimate of drug-likeness (QED) is 0.766. The van der Waals surface area contributed by atoms with Crippen LogP contribution in [0, 0.1) is 0 Å². The van der Waals surface area contributed by atoms with Crippen molar-refractivity contribution in [2.75, 3.05) is 14.2 Å². The summed E-state index contributed by atoms with van der Waals surface area (Å²) in [5.74, 6) is 1.32. The smallest absolute Gasteiger partial charge is 0.172 e. The maximum absolute atomic E-state index is 10.9. The highest BCUT2D eigenvalue weighted by atomic mass is 16.5. The summed E-state index contributed by atoms with van der Waals surface area (Å²) >= 11 is 0. The van der Waals surface area contributed by atoms with Crippen LogP contribution >= 0.6 is 0 Å². The van der Waals surface area contributed by atoms with E-state index in [0.29, 0.717) is 35.6 Å². The van der Waals surface area contributed by atoms with E-state index in [0.717, 1.165) is 5.69 Å². The molecule has 0 saturated heterocycles. The van der Waals surface area contributed by atoms with Crippen molar-refractivity contribution in [3.05, 3.63) is 29.6 Å². The van der Waals surface area contributed by atoms with Gasteiger partial charge in [-0.05, 0) is 18.6 Å². The van der Waals surface area contributed by atoms with E-state index < -0.39 is 0 Å². The molecule has 1 aromatic carbocycles. The number of aromatic nitrogens is 3. The number of methoxy groups -OCH3 is 2. The lowest BCUT2D eigenvalue weighted by Crippen LogP contribution is -2.05. The van der Waals surface area contributed by atoms with Gasteiger partial charge in [0.25, 0.3) is 0 Å². The Balaban J connectivity index is 2.62. The number of nitrogens with zero attached hydrogens (tertiary/aromatic N) is 3. The molecule has 6 heteroatoms. The number of aldehydes is 1. The molecule has 2 aromatic rings. The molecule has 0 aliphatic carbocycles. The molecule has 0 amide bonds. The third kappa shape index (κ3) is 2.29. The summed E-state index contributed by atoms with van der Waals surface area (Å²) in [5.41, 5.74) is 1.77. The predicted octanol–water partition coefficient (Wildman–Crippen LogP) is 1.66. The first kappa shape index (κ1) is 13.1. The molecule has 100 valence electrons. The Morgan fingerprint density at radius 3 is 2.68 bits per heavy atom. The van der Waals surface area contributed by atoms with Crippen LogP contribution in [0.25, 0.3) is 5.69 Å². The van der Waals surface area contributed by atoms with E-state index >= 15 is 0 Å². The van der Waals surface area contributed by atoms with Crippen LogP contribution < -0.4 is 9.47 Å². The van der Waals surface area contributed by atoms with Crippen molar-refractivity contribution in [1.82, 2.24) is 15.0 Å². The zero-order valence-electron chi connectivity index (χ0n) is 11.1. The second kappa shape index (κ2) is 5.51. The molecule has 1 aromatic heterocycles. The van der Waals surface area contributed by atoms with Crippen molar-refractivity contribution in [3.63, 3.8) is 0 Å². The Kier molecular flexibility index (Phi) is 3.79. The van der Waals surface area contributed by atoms with E-state index in [-0.39, 0.29) is 0 Å².